The number of benzene rings is 1. The van der Waals surface area contributed by atoms with E-state index < -0.39 is 0 Å². The minimum atomic E-state index is 0.132. The Labute approximate surface area is 135 Å². The fourth-order valence-electron chi connectivity index (χ4n) is 3.51. The van der Waals surface area contributed by atoms with E-state index in [9.17, 15) is 4.79 Å². The van der Waals surface area contributed by atoms with Gasteiger partial charge in [-0.05, 0) is 25.0 Å². The SMILES string of the molecule is Cn1c(C(=O)N2CCC(n3ccnc3)CC2)cc2ccccc21. The molecule has 0 atom stereocenters. The van der Waals surface area contributed by atoms with Crippen LogP contribution >= 0.6 is 0 Å². The molecule has 118 valence electrons. The molecule has 3 heterocycles. The van der Waals surface area contributed by atoms with Crippen LogP contribution in [-0.2, 0) is 7.05 Å². The van der Waals surface area contributed by atoms with Crippen LogP contribution in [0.15, 0.2) is 49.1 Å². The Hall–Kier alpha value is -2.56. The number of rotatable bonds is 2. The Balaban J connectivity index is 1.52. The highest BCUT2D eigenvalue weighted by Crippen LogP contribution is 2.25. The van der Waals surface area contributed by atoms with E-state index in [-0.39, 0.29) is 5.91 Å². The summed E-state index contributed by atoms with van der Waals surface area (Å²) in [5.74, 6) is 0.132. The first-order valence-corrected chi connectivity index (χ1v) is 8.05. The summed E-state index contributed by atoms with van der Waals surface area (Å²) in [5.41, 5.74) is 1.87. The largest absolute Gasteiger partial charge is 0.340 e. The van der Waals surface area contributed by atoms with Crippen molar-refractivity contribution in [3.63, 3.8) is 0 Å². The maximum absolute atomic E-state index is 12.9. The molecular weight excluding hydrogens is 288 g/mol. The van der Waals surface area contributed by atoms with Gasteiger partial charge in [0.15, 0.2) is 0 Å². The molecule has 3 aromatic rings. The molecule has 1 aromatic carbocycles. The molecule has 4 rings (SSSR count). The Kier molecular flexibility index (Phi) is 3.41. The monoisotopic (exact) mass is 308 g/mol. The van der Waals surface area contributed by atoms with Crippen molar-refractivity contribution in [1.29, 1.82) is 0 Å². The Morgan fingerprint density at radius 3 is 2.70 bits per heavy atom. The summed E-state index contributed by atoms with van der Waals surface area (Å²) in [6, 6.07) is 10.6. The number of hydrogen-bond donors (Lipinski definition) is 0. The van der Waals surface area contributed by atoms with Gasteiger partial charge in [0.25, 0.3) is 5.91 Å². The number of piperidine rings is 1. The first-order chi connectivity index (χ1) is 11.2. The Morgan fingerprint density at radius 1 is 1.22 bits per heavy atom. The number of fused-ring (bicyclic) bond motifs is 1. The van der Waals surface area contributed by atoms with Gasteiger partial charge in [-0.25, -0.2) is 4.98 Å². The van der Waals surface area contributed by atoms with Gasteiger partial charge in [-0.15, -0.1) is 0 Å². The number of carbonyl (C=O) groups excluding carboxylic acids is 1. The fraction of sp³-hybridized carbons (Fsp3) is 0.333. The maximum atomic E-state index is 12.9. The summed E-state index contributed by atoms with van der Waals surface area (Å²) in [6.45, 7) is 1.59. The summed E-state index contributed by atoms with van der Waals surface area (Å²) in [5, 5.41) is 1.12. The van der Waals surface area contributed by atoms with E-state index in [1.54, 1.807) is 0 Å². The molecule has 0 bridgehead atoms. The van der Waals surface area contributed by atoms with Crippen LogP contribution in [-0.4, -0.2) is 38.0 Å². The predicted molar refractivity (Wildman–Crippen MR) is 89.3 cm³/mol. The lowest BCUT2D eigenvalue weighted by atomic mass is 10.0. The first kappa shape index (κ1) is 14.1. The summed E-state index contributed by atoms with van der Waals surface area (Å²) in [7, 11) is 1.97. The molecule has 0 saturated carbocycles. The lowest BCUT2D eigenvalue weighted by molar-refractivity contribution is 0.0685. The average molecular weight is 308 g/mol. The quantitative estimate of drug-likeness (QED) is 0.730. The van der Waals surface area contributed by atoms with Gasteiger partial charge in [0.05, 0.1) is 6.33 Å². The van der Waals surface area contributed by atoms with E-state index in [4.69, 9.17) is 0 Å². The standard InChI is InChI=1S/C18H20N4O/c1-20-16-5-3-2-4-14(16)12-17(20)18(23)21-9-6-15(7-10-21)22-11-8-19-13-22/h2-5,8,11-13,15H,6-7,9-10H2,1H3. The van der Waals surface area contributed by atoms with Crippen molar-refractivity contribution < 1.29 is 4.79 Å². The molecule has 1 saturated heterocycles. The number of nitrogens with zero attached hydrogens (tertiary/aromatic N) is 4. The number of imidazole rings is 1. The van der Waals surface area contributed by atoms with E-state index >= 15 is 0 Å². The molecule has 5 nitrogen and oxygen atoms in total. The van der Waals surface area contributed by atoms with Crippen molar-refractivity contribution in [2.45, 2.75) is 18.9 Å². The molecular formula is C18H20N4O. The molecule has 1 fully saturated rings. The highest BCUT2D eigenvalue weighted by atomic mass is 16.2. The zero-order valence-electron chi connectivity index (χ0n) is 13.2. The summed E-state index contributed by atoms with van der Waals surface area (Å²) in [6.07, 6.45) is 7.64. The average Bonchev–Trinajstić information content (AvgIpc) is 3.23. The van der Waals surface area contributed by atoms with Gasteiger partial charge in [-0.1, -0.05) is 18.2 Å². The van der Waals surface area contributed by atoms with Crippen molar-refractivity contribution in [3.8, 4) is 0 Å². The summed E-state index contributed by atoms with van der Waals surface area (Å²) in [4.78, 5) is 19.0. The number of aromatic nitrogens is 3. The third-order valence-electron chi connectivity index (χ3n) is 4.87. The van der Waals surface area contributed by atoms with Crippen LogP contribution in [0.5, 0.6) is 0 Å². The van der Waals surface area contributed by atoms with Gasteiger partial charge < -0.3 is 14.0 Å². The van der Waals surface area contributed by atoms with Gasteiger partial charge in [0, 0.05) is 49.5 Å². The number of likely N-dealkylation sites (tertiary alicyclic amines) is 1. The molecule has 0 aliphatic carbocycles. The Morgan fingerprint density at radius 2 is 2.00 bits per heavy atom. The molecule has 23 heavy (non-hydrogen) atoms. The van der Waals surface area contributed by atoms with Crippen molar-refractivity contribution in [3.05, 3.63) is 54.7 Å². The lowest BCUT2D eigenvalue weighted by Gasteiger charge is -2.32. The molecule has 0 radical (unpaired) electrons. The van der Waals surface area contributed by atoms with E-state index in [0.29, 0.717) is 6.04 Å². The molecule has 1 amide bonds. The second kappa shape index (κ2) is 5.57. The van der Waals surface area contributed by atoms with Gasteiger partial charge in [0.1, 0.15) is 5.69 Å². The second-order valence-electron chi connectivity index (χ2n) is 6.18. The highest BCUT2D eigenvalue weighted by molar-refractivity contribution is 5.98. The van der Waals surface area contributed by atoms with E-state index in [1.165, 1.54) is 0 Å². The van der Waals surface area contributed by atoms with Crippen LogP contribution in [0.4, 0.5) is 0 Å². The molecule has 5 heteroatoms. The number of para-hydroxylation sites is 1. The molecule has 0 unspecified atom stereocenters. The lowest BCUT2D eigenvalue weighted by Crippen LogP contribution is -2.39. The van der Waals surface area contributed by atoms with E-state index in [0.717, 1.165) is 42.5 Å². The third kappa shape index (κ3) is 2.42. The van der Waals surface area contributed by atoms with Crippen molar-refractivity contribution in [2.75, 3.05) is 13.1 Å². The smallest absolute Gasteiger partial charge is 0.270 e. The van der Waals surface area contributed by atoms with Gasteiger partial charge >= 0.3 is 0 Å². The molecule has 2 aromatic heterocycles. The van der Waals surface area contributed by atoms with Crippen LogP contribution in [0.3, 0.4) is 0 Å². The maximum Gasteiger partial charge on any atom is 0.270 e. The predicted octanol–water partition coefficient (Wildman–Crippen LogP) is 2.85. The third-order valence-corrected chi connectivity index (χ3v) is 4.87. The minimum Gasteiger partial charge on any atom is -0.340 e. The van der Waals surface area contributed by atoms with Gasteiger partial charge in [0.2, 0.25) is 0 Å². The number of amides is 1. The number of aryl methyl sites for hydroxylation is 1. The number of hydrogen-bond acceptors (Lipinski definition) is 2. The molecule has 1 aliphatic rings. The van der Waals surface area contributed by atoms with Crippen LogP contribution in [0.1, 0.15) is 29.4 Å². The second-order valence-corrected chi connectivity index (χ2v) is 6.18. The highest BCUT2D eigenvalue weighted by Gasteiger charge is 2.26. The van der Waals surface area contributed by atoms with Gasteiger partial charge in [-0.3, -0.25) is 4.79 Å². The molecule has 0 N–H and O–H groups in total. The molecule has 0 spiro atoms. The zero-order chi connectivity index (χ0) is 15.8. The van der Waals surface area contributed by atoms with Crippen LogP contribution in [0.2, 0.25) is 0 Å². The van der Waals surface area contributed by atoms with Crippen molar-refractivity contribution in [1.82, 2.24) is 19.0 Å². The summed E-state index contributed by atoms with van der Waals surface area (Å²) >= 11 is 0. The first-order valence-electron chi connectivity index (χ1n) is 8.05. The van der Waals surface area contributed by atoms with Crippen LogP contribution in [0.25, 0.3) is 10.9 Å². The van der Waals surface area contributed by atoms with E-state index in [1.807, 2.05) is 53.4 Å². The number of carbonyl (C=O) groups is 1. The van der Waals surface area contributed by atoms with E-state index in [2.05, 4.69) is 21.7 Å². The minimum absolute atomic E-state index is 0.132. The van der Waals surface area contributed by atoms with Gasteiger partial charge in [-0.2, -0.15) is 0 Å². The van der Waals surface area contributed by atoms with Crippen molar-refractivity contribution in [2.24, 2.45) is 7.05 Å². The topological polar surface area (TPSA) is 43.1 Å². The Bertz CT molecular complexity index is 826. The summed E-state index contributed by atoms with van der Waals surface area (Å²) < 4.78 is 4.15. The van der Waals surface area contributed by atoms with Crippen molar-refractivity contribution >= 4 is 16.8 Å². The zero-order valence-corrected chi connectivity index (χ0v) is 13.2. The fourth-order valence-corrected chi connectivity index (χ4v) is 3.51. The van der Waals surface area contributed by atoms with Crippen LogP contribution in [0, 0.1) is 0 Å². The normalized spacial score (nSPS) is 16.1. The van der Waals surface area contributed by atoms with Crippen LogP contribution < -0.4 is 0 Å². The molecule has 1 aliphatic heterocycles.